The zero-order chi connectivity index (χ0) is 7.33. The molecule has 0 radical (unpaired) electrons. The van der Waals surface area contributed by atoms with Crippen LogP contribution in [0.2, 0.25) is 0 Å². The smallest absolute Gasteiger partial charge is 0.143 e. The predicted molar refractivity (Wildman–Crippen MR) is 50.6 cm³/mol. The highest BCUT2D eigenvalue weighted by atomic mass is 16.6. The SMILES string of the molecule is C.C.CCC(C)(C)COCO. The lowest BCUT2D eigenvalue weighted by atomic mass is 9.92. The second-order valence-electron chi connectivity index (χ2n) is 3.00. The topological polar surface area (TPSA) is 29.5 Å². The van der Waals surface area contributed by atoms with Gasteiger partial charge in [0.05, 0.1) is 6.61 Å². The standard InChI is InChI=1S/C7H16O2.2CH4/c1-4-7(2,3)5-9-6-8;;/h8H,4-6H2,1-3H3;2*1H4. The molecule has 0 rings (SSSR count). The first-order valence-corrected chi connectivity index (χ1v) is 3.31. The minimum atomic E-state index is -0.163. The van der Waals surface area contributed by atoms with Crippen molar-refractivity contribution in [3.8, 4) is 0 Å². The molecule has 0 spiro atoms. The van der Waals surface area contributed by atoms with E-state index in [4.69, 9.17) is 9.84 Å². The molecule has 0 saturated carbocycles. The number of hydrogen-bond acceptors (Lipinski definition) is 2. The molecule has 11 heavy (non-hydrogen) atoms. The van der Waals surface area contributed by atoms with Crippen molar-refractivity contribution in [1.82, 2.24) is 0 Å². The second kappa shape index (κ2) is 8.02. The Balaban J connectivity index is -0.000000320. The van der Waals surface area contributed by atoms with Crippen LogP contribution in [0.1, 0.15) is 42.0 Å². The van der Waals surface area contributed by atoms with Gasteiger partial charge >= 0.3 is 0 Å². The molecule has 1 N–H and O–H groups in total. The van der Waals surface area contributed by atoms with Gasteiger partial charge in [-0.1, -0.05) is 35.6 Å². The summed E-state index contributed by atoms with van der Waals surface area (Å²) in [6, 6.07) is 0. The molecule has 2 nitrogen and oxygen atoms in total. The molecule has 0 aliphatic carbocycles. The predicted octanol–water partition coefficient (Wildman–Crippen LogP) is 2.66. The number of rotatable bonds is 4. The van der Waals surface area contributed by atoms with Crippen LogP contribution in [-0.2, 0) is 4.74 Å². The fraction of sp³-hybridized carbons (Fsp3) is 1.00. The Bertz CT molecular complexity index is 70.0. The molecule has 0 heterocycles. The van der Waals surface area contributed by atoms with Crippen LogP contribution in [0.15, 0.2) is 0 Å². The van der Waals surface area contributed by atoms with E-state index in [9.17, 15) is 0 Å². The third kappa shape index (κ3) is 9.92. The van der Waals surface area contributed by atoms with Crippen LogP contribution in [0.25, 0.3) is 0 Å². The molecular formula is C9H24O2. The zero-order valence-corrected chi connectivity index (χ0v) is 6.48. The van der Waals surface area contributed by atoms with Gasteiger partial charge in [-0.3, -0.25) is 0 Å². The summed E-state index contributed by atoms with van der Waals surface area (Å²) < 4.78 is 4.84. The van der Waals surface area contributed by atoms with Crippen molar-refractivity contribution in [3.63, 3.8) is 0 Å². The summed E-state index contributed by atoms with van der Waals surface area (Å²) in [6.07, 6.45) is 1.08. The summed E-state index contributed by atoms with van der Waals surface area (Å²) in [5.41, 5.74) is 0.211. The van der Waals surface area contributed by atoms with Crippen molar-refractivity contribution in [2.75, 3.05) is 13.4 Å². The van der Waals surface area contributed by atoms with E-state index in [2.05, 4.69) is 20.8 Å². The molecule has 0 bridgehead atoms. The summed E-state index contributed by atoms with van der Waals surface area (Å²) in [6.45, 7) is 6.81. The third-order valence-electron chi connectivity index (χ3n) is 1.54. The van der Waals surface area contributed by atoms with Gasteiger partial charge in [0.2, 0.25) is 0 Å². The molecule has 0 amide bonds. The quantitative estimate of drug-likeness (QED) is 0.647. The van der Waals surface area contributed by atoms with Gasteiger partial charge < -0.3 is 9.84 Å². The Labute approximate surface area is 71.6 Å². The van der Waals surface area contributed by atoms with E-state index >= 15 is 0 Å². The molecule has 0 aliphatic heterocycles. The molecule has 72 valence electrons. The fourth-order valence-corrected chi connectivity index (χ4v) is 0.424. The Morgan fingerprint density at radius 3 is 2.00 bits per heavy atom. The van der Waals surface area contributed by atoms with Crippen LogP contribution in [0.5, 0.6) is 0 Å². The summed E-state index contributed by atoms with van der Waals surface area (Å²) in [5, 5.41) is 8.30. The fourth-order valence-electron chi connectivity index (χ4n) is 0.424. The van der Waals surface area contributed by atoms with Gasteiger partial charge in [0.1, 0.15) is 6.79 Å². The Morgan fingerprint density at radius 2 is 1.73 bits per heavy atom. The normalized spacial score (nSPS) is 9.82. The maximum absolute atomic E-state index is 8.30. The molecule has 0 aromatic rings. The average molecular weight is 164 g/mol. The van der Waals surface area contributed by atoms with Crippen molar-refractivity contribution >= 4 is 0 Å². The van der Waals surface area contributed by atoms with Crippen molar-refractivity contribution in [3.05, 3.63) is 0 Å². The van der Waals surface area contributed by atoms with Gasteiger partial charge in [-0.05, 0) is 11.8 Å². The number of ether oxygens (including phenoxy) is 1. The molecule has 0 fully saturated rings. The lowest BCUT2D eigenvalue weighted by Gasteiger charge is -2.20. The van der Waals surface area contributed by atoms with Gasteiger partial charge in [0.15, 0.2) is 0 Å². The van der Waals surface area contributed by atoms with Crippen molar-refractivity contribution in [1.29, 1.82) is 0 Å². The molecule has 0 atom stereocenters. The minimum Gasteiger partial charge on any atom is -0.371 e. The second-order valence-corrected chi connectivity index (χ2v) is 3.00. The molecule has 0 aromatic heterocycles. The van der Waals surface area contributed by atoms with E-state index in [1.54, 1.807) is 0 Å². The first-order chi connectivity index (χ1) is 4.12. The van der Waals surface area contributed by atoms with Gasteiger partial charge in [0, 0.05) is 0 Å². The monoisotopic (exact) mass is 164 g/mol. The maximum atomic E-state index is 8.30. The first kappa shape index (κ1) is 17.1. The van der Waals surface area contributed by atoms with Crippen LogP contribution in [0, 0.1) is 5.41 Å². The Morgan fingerprint density at radius 1 is 1.27 bits per heavy atom. The van der Waals surface area contributed by atoms with Crippen molar-refractivity contribution in [2.45, 2.75) is 42.0 Å². The van der Waals surface area contributed by atoms with E-state index in [0.29, 0.717) is 6.61 Å². The van der Waals surface area contributed by atoms with E-state index in [0.717, 1.165) is 6.42 Å². The highest BCUT2D eigenvalue weighted by Crippen LogP contribution is 2.18. The Kier molecular flexibility index (Phi) is 12.5. The summed E-state index contributed by atoms with van der Waals surface area (Å²) in [5.74, 6) is 0. The minimum absolute atomic E-state index is 0. The Hall–Kier alpha value is -0.0800. The lowest BCUT2D eigenvalue weighted by molar-refractivity contribution is -0.0363. The van der Waals surface area contributed by atoms with Crippen molar-refractivity contribution in [2.24, 2.45) is 5.41 Å². The maximum Gasteiger partial charge on any atom is 0.143 e. The lowest BCUT2D eigenvalue weighted by Crippen LogP contribution is -2.18. The van der Waals surface area contributed by atoms with Crippen molar-refractivity contribution < 1.29 is 9.84 Å². The van der Waals surface area contributed by atoms with Gasteiger partial charge in [-0.2, -0.15) is 0 Å². The van der Waals surface area contributed by atoms with E-state index in [-0.39, 0.29) is 27.1 Å². The molecule has 0 saturated heterocycles. The average Bonchev–Trinajstić information content (AvgIpc) is 1.84. The molecule has 0 aliphatic rings. The van der Waals surface area contributed by atoms with Crippen LogP contribution in [0.4, 0.5) is 0 Å². The van der Waals surface area contributed by atoms with Crippen LogP contribution >= 0.6 is 0 Å². The van der Waals surface area contributed by atoms with E-state index < -0.39 is 0 Å². The highest BCUT2D eigenvalue weighted by molar-refractivity contribution is 4.63. The largest absolute Gasteiger partial charge is 0.371 e. The van der Waals surface area contributed by atoms with Crippen LogP contribution in [-0.4, -0.2) is 18.5 Å². The zero-order valence-electron chi connectivity index (χ0n) is 6.48. The number of aliphatic hydroxyl groups is 1. The van der Waals surface area contributed by atoms with Crippen LogP contribution in [0.3, 0.4) is 0 Å². The van der Waals surface area contributed by atoms with Gasteiger partial charge in [0.25, 0.3) is 0 Å². The summed E-state index contributed by atoms with van der Waals surface area (Å²) in [7, 11) is 0. The summed E-state index contributed by atoms with van der Waals surface area (Å²) >= 11 is 0. The number of hydrogen-bond donors (Lipinski definition) is 1. The van der Waals surface area contributed by atoms with Crippen LogP contribution < -0.4 is 0 Å². The van der Waals surface area contributed by atoms with E-state index in [1.807, 2.05) is 0 Å². The van der Waals surface area contributed by atoms with E-state index in [1.165, 1.54) is 0 Å². The molecule has 0 unspecified atom stereocenters. The van der Waals surface area contributed by atoms with Gasteiger partial charge in [-0.25, -0.2) is 0 Å². The molecule has 0 aromatic carbocycles. The third-order valence-corrected chi connectivity index (χ3v) is 1.54. The van der Waals surface area contributed by atoms with Gasteiger partial charge in [-0.15, -0.1) is 0 Å². The number of aliphatic hydroxyl groups excluding tert-OH is 1. The first-order valence-electron chi connectivity index (χ1n) is 3.31. The summed E-state index contributed by atoms with van der Waals surface area (Å²) in [4.78, 5) is 0. The molecule has 2 heteroatoms. The molecular weight excluding hydrogens is 140 g/mol. The highest BCUT2D eigenvalue weighted by Gasteiger charge is 2.14.